The minimum atomic E-state index is -0.695. The smallest absolute Gasteiger partial charge is 0.150 e. The number of phenolic OH excluding ortho intramolecular Hbond substituents is 1. The zero-order valence-corrected chi connectivity index (χ0v) is 23.2. The van der Waals surface area contributed by atoms with Crippen LogP contribution < -0.4 is 10.6 Å². The predicted molar refractivity (Wildman–Crippen MR) is 157 cm³/mol. The molecule has 1 aliphatic heterocycles. The third-order valence-electron chi connectivity index (χ3n) is 7.88. The highest BCUT2D eigenvalue weighted by atomic mass is 19.1. The minimum Gasteiger partial charge on any atom is -0.506 e. The van der Waals surface area contributed by atoms with Gasteiger partial charge in [-0.1, -0.05) is 12.1 Å². The maximum Gasteiger partial charge on any atom is 0.150 e. The van der Waals surface area contributed by atoms with Gasteiger partial charge >= 0.3 is 0 Å². The van der Waals surface area contributed by atoms with Crippen molar-refractivity contribution in [1.29, 1.82) is 5.26 Å². The summed E-state index contributed by atoms with van der Waals surface area (Å²) in [7, 11) is 0. The number of benzene rings is 2. The first-order valence-corrected chi connectivity index (χ1v) is 13.8. The largest absolute Gasteiger partial charge is 0.506 e. The molecule has 1 aliphatic rings. The SMILES string of the molecule is Cc1cnc(C(C)n2cc(-c3cccc(C#N)c3O)c3c(N4CCC(N)CC4)c(-c4cc(F)cc(F)c4)cnc32)nc1. The van der Waals surface area contributed by atoms with Crippen molar-refractivity contribution < 1.29 is 13.9 Å². The number of aromatic hydroxyl groups is 1. The van der Waals surface area contributed by atoms with E-state index in [0.717, 1.165) is 30.2 Å². The highest BCUT2D eigenvalue weighted by Gasteiger charge is 2.29. The molecule has 2 aromatic carbocycles. The first kappa shape index (κ1) is 27.3. The third-order valence-corrected chi connectivity index (χ3v) is 7.88. The fourth-order valence-corrected chi connectivity index (χ4v) is 5.67. The zero-order valence-electron chi connectivity index (χ0n) is 23.2. The molecule has 1 saturated heterocycles. The number of anilines is 1. The molecule has 3 N–H and O–H groups in total. The molecule has 0 saturated carbocycles. The van der Waals surface area contributed by atoms with Crippen LogP contribution >= 0.6 is 0 Å². The van der Waals surface area contributed by atoms with Gasteiger partial charge in [0.1, 0.15) is 29.1 Å². The number of phenols is 1. The van der Waals surface area contributed by atoms with Crippen molar-refractivity contribution in [2.24, 2.45) is 5.73 Å². The van der Waals surface area contributed by atoms with Crippen LogP contribution in [-0.4, -0.2) is 43.8 Å². The van der Waals surface area contributed by atoms with Crippen molar-refractivity contribution in [2.75, 3.05) is 18.0 Å². The number of nitriles is 1. The van der Waals surface area contributed by atoms with Crippen LogP contribution in [0.1, 0.15) is 42.8 Å². The Labute approximate surface area is 241 Å². The highest BCUT2D eigenvalue weighted by Crippen LogP contribution is 2.46. The number of hydrogen-bond donors (Lipinski definition) is 2. The van der Waals surface area contributed by atoms with E-state index in [1.54, 1.807) is 36.8 Å². The van der Waals surface area contributed by atoms with Crippen LogP contribution in [0.25, 0.3) is 33.3 Å². The van der Waals surface area contributed by atoms with Gasteiger partial charge < -0.3 is 20.3 Å². The summed E-state index contributed by atoms with van der Waals surface area (Å²) in [6, 6.07) is 10.2. The molecule has 10 heteroatoms. The number of para-hydroxylation sites is 1. The second kappa shape index (κ2) is 10.8. The Morgan fingerprint density at radius 3 is 2.36 bits per heavy atom. The van der Waals surface area contributed by atoms with Crippen molar-refractivity contribution in [2.45, 2.75) is 38.8 Å². The summed E-state index contributed by atoms with van der Waals surface area (Å²) in [6.07, 6.45) is 8.48. The monoisotopic (exact) mass is 565 g/mol. The van der Waals surface area contributed by atoms with E-state index in [2.05, 4.69) is 14.9 Å². The Bertz CT molecular complexity index is 1820. The molecule has 0 radical (unpaired) electrons. The first-order chi connectivity index (χ1) is 20.2. The van der Waals surface area contributed by atoms with E-state index in [9.17, 15) is 19.1 Å². The average Bonchev–Trinajstić information content (AvgIpc) is 3.36. The Morgan fingerprint density at radius 2 is 1.69 bits per heavy atom. The number of aromatic nitrogens is 4. The van der Waals surface area contributed by atoms with Crippen LogP contribution in [0.15, 0.2) is 61.2 Å². The lowest BCUT2D eigenvalue weighted by Gasteiger charge is -2.34. The standard InChI is InChI=1S/C32H29F2N7O/c1-18-14-37-31(38-15-18)19(2)41-17-27(25-5-3-4-20(13-35)30(25)42)28-29(40-8-6-24(36)7-9-40)26(16-39-32(28)41)21-10-22(33)12-23(34)11-21/h3-5,10-12,14-17,19,24,42H,6-9,36H2,1-2H3. The van der Waals surface area contributed by atoms with Crippen molar-refractivity contribution in [3.63, 3.8) is 0 Å². The number of rotatable bonds is 5. The number of pyridine rings is 1. The molecular formula is C32H29F2N7O. The molecule has 0 spiro atoms. The third kappa shape index (κ3) is 4.82. The summed E-state index contributed by atoms with van der Waals surface area (Å²) in [4.78, 5) is 16.1. The lowest BCUT2D eigenvalue weighted by Crippen LogP contribution is -2.40. The van der Waals surface area contributed by atoms with Gasteiger partial charge in [0.15, 0.2) is 5.82 Å². The van der Waals surface area contributed by atoms with Crippen LogP contribution in [0.4, 0.5) is 14.5 Å². The summed E-state index contributed by atoms with van der Waals surface area (Å²) in [6.45, 7) is 5.11. The molecule has 5 aromatic rings. The first-order valence-electron chi connectivity index (χ1n) is 13.8. The maximum absolute atomic E-state index is 14.5. The van der Waals surface area contributed by atoms with Crippen molar-refractivity contribution >= 4 is 16.7 Å². The normalized spacial score (nSPS) is 14.7. The molecule has 3 aromatic heterocycles. The van der Waals surface area contributed by atoms with Gasteiger partial charge in [-0.3, -0.25) is 0 Å². The number of halogens is 2. The minimum absolute atomic E-state index is 0.0489. The lowest BCUT2D eigenvalue weighted by atomic mass is 9.95. The fourth-order valence-electron chi connectivity index (χ4n) is 5.67. The molecule has 0 aliphatic carbocycles. The number of hydrogen-bond acceptors (Lipinski definition) is 7. The van der Waals surface area contributed by atoms with E-state index in [-0.39, 0.29) is 23.4 Å². The summed E-state index contributed by atoms with van der Waals surface area (Å²) >= 11 is 0. The Hall–Kier alpha value is -4.88. The molecule has 1 fully saturated rings. The summed E-state index contributed by atoms with van der Waals surface area (Å²) in [5.41, 5.74) is 10.6. The van der Waals surface area contributed by atoms with E-state index in [0.29, 0.717) is 52.2 Å². The fraction of sp³-hybridized carbons (Fsp3) is 0.250. The van der Waals surface area contributed by atoms with Gasteiger partial charge in [-0.05, 0) is 56.0 Å². The topological polar surface area (TPSA) is 117 Å². The Kier molecular flexibility index (Phi) is 7.04. The molecule has 1 atom stereocenters. The number of piperidine rings is 1. The second-order valence-corrected chi connectivity index (χ2v) is 10.8. The summed E-state index contributed by atoms with van der Waals surface area (Å²) in [5.74, 6) is -0.979. The number of fused-ring (bicyclic) bond motifs is 1. The van der Waals surface area contributed by atoms with E-state index < -0.39 is 11.6 Å². The van der Waals surface area contributed by atoms with Crippen LogP contribution in [0.2, 0.25) is 0 Å². The van der Waals surface area contributed by atoms with Gasteiger partial charge in [0.2, 0.25) is 0 Å². The van der Waals surface area contributed by atoms with E-state index >= 15 is 0 Å². The molecule has 42 heavy (non-hydrogen) atoms. The molecule has 4 heterocycles. The Balaban J connectivity index is 1.70. The molecule has 8 nitrogen and oxygen atoms in total. The van der Waals surface area contributed by atoms with Gasteiger partial charge in [0.05, 0.1) is 22.7 Å². The molecule has 0 amide bonds. The van der Waals surface area contributed by atoms with Crippen LogP contribution in [0.5, 0.6) is 5.75 Å². The lowest BCUT2D eigenvalue weighted by molar-refractivity contribution is 0.475. The molecule has 1 unspecified atom stereocenters. The van der Waals surface area contributed by atoms with Gasteiger partial charge in [0, 0.05) is 66.7 Å². The van der Waals surface area contributed by atoms with E-state index in [1.807, 2.05) is 30.7 Å². The van der Waals surface area contributed by atoms with Crippen molar-refractivity contribution in [3.05, 3.63) is 89.8 Å². The van der Waals surface area contributed by atoms with Crippen LogP contribution in [0, 0.1) is 29.9 Å². The number of nitrogens with two attached hydrogens (primary N) is 1. The number of nitrogens with zero attached hydrogens (tertiary/aromatic N) is 6. The predicted octanol–water partition coefficient (Wildman–Crippen LogP) is 5.86. The zero-order chi connectivity index (χ0) is 29.5. The second-order valence-electron chi connectivity index (χ2n) is 10.8. The van der Waals surface area contributed by atoms with Gasteiger partial charge in [-0.25, -0.2) is 23.7 Å². The molecule has 0 bridgehead atoms. The Morgan fingerprint density at radius 1 is 1.00 bits per heavy atom. The molecular weight excluding hydrogens is 536 g/mol. The van der Waals surface area contributed by atoms with Crippen LogP contribution in [0.3, 0.4) is 0 Å². The van der Waals surface area contributed by atoms with Crippen molar-refractivity contribution in [3.8, 4) is 34.1 Å². The van der Waals surface area contributed by atoms with Gasteiger partial charge in [0.25, 0.3) is 0 Å². The van der Waals surface area contributed by atoms with Crippen LogP contribution in [-0.2, 0) is 0 Å². The highest BCUT2D eigenvalue weighted by molar-refractivity contribution is 6.09. The molecule has 212 valence electrons. The summed E-state index contributed by atoms with van der Waals surface area (Å²) in [5, 5.41) is 21.5. The summed E-state index contributed by atoms with van der Waals surface area (Å²) < 4.78 is 30.9. The van der Waals surface area contributed by atoms with Crippen molar-refractivity contribution in [1.82, 2.24) is 19.5 Å². The van der Waals surface area contributed by atoms with Gasteiger partial charge in [-0.2, -0.15) is 5.26 Å². The average molecular weight is 566 g/mol. The van der Waals surface area contributed by atoms with E-state index in [1.165, 1.54) is 12.1 Å². The number of aryl methyl sites for hydroxylation is 1. The maximum atomic E-state index is 14.5. The van der Waals surface area contributed by atoms with Gasteiger partial charge in [-0.15, -0.1) is 0 Å². The quantitative estimate of drug-likeness (QED) is 0.274. The van der Waals surface area contributed by atoms with E-state index in [4.69, 9.17) is 10.7 Å². The molecule has 6 rings (SSSR count).